The van der Waals surface area contributed by atoms with Crippen molar-refractivity contribution in [3.05, 3.63) is 35.9 Å². The summed E-state index contributed by atoms with van der Waals surface area (Å²) in [4.78, 5) is 11.7. The molecule has 112 valence electrons. The molecule has 0 aliphatic rings. The number of sulfone groups is 1. The molecule has 0 spiro atoms. The Morgan fingerprint density at radius 3 is 2.20 bits per heavy atom. The number of benzene rings is 1. The van der Waals surface area contributed by atoms with Crippen molar-refractivity contribution in [1.82, 2.24) is 4.72 Å². The fraction of sp³-hybridized carbons (Fsp3) is 0.364. The molecule has 0 heterocycles. The van der Waals surface area contributed by atoms with E-state index in [1.165, 1.54) is 12.1 Å². The number of carbonyl (C=O) groups excluding carboxylic acids is 1. The molecule has 0 radical (unpaired) electrons. The van der Waals surface area contributed by atoms with Crippen molar-refractivity contribution in [1.29, 1.82) is 0 Å². The van der Waals surface area contributed by atoms with Crippen molar-refractivity contribution >= 4 is 25.8 Å². The van der Waals surface area contributed by atoms with Crippen LogP contribution in [-0.2, 0) is 29.4 Å². The summed E-state index contributed by atoms with van der Waals surface area (Å²) in [6, 6.07) is 6.72. The lowest BCUT2D eigenvalue weighted by atomic mass is 10.1. The first-order valence-corrected chi connectivity index (χ1v) is 9.16. The van der Waals surface area contributed by atoms with Gasteiger partial charge in [0.1, 0.15) is 6.04 Å². The van der Waals surface area contributed by atoms with Crippen LogP contribution in [0.1, 0.15) is 11.6 Å². The van der Waals surface area contributed by atoms with E-state index in [1.807, 2.05) is 4.72 Å². The molecule has 0 saturated heterocycles. The van der Waals surface area contributed by atoms with Crippen molar-refractivity contribution in [3.63, 3.8) is 0 Å². The first kappa shape index (κ1) is 16.6. The molecule has 20 heavy (non-hydrogen) atoms. The molecule has 1 aromatic carbocycles. The predicted molar refractivity (Wildman–Crippen MR) is 73.0 cm³/mol. The Bertz CT molecular complexity index is 666. The molecule has 7 nitrogen and oxygen atoms in total. The van der Waals surface area contributed by atoms with Crippen molar-refractivity contribution in [3.8, 4) is 0 Å². The number of carbonyl (C=O) groups is 1. The number of ether oxygens (including phenoxy) is 1. The van der Waals surface area contributed by atoms with Crippen LogP contribution in [0.5, 0.6) is 0 Å². The Morgan fingerprint density at radius 2 is 1.75 bits per heavy atom. The lowest BCUT2D eigenvalue weighted by Crippen LogP contribution is -2.37. The van der Waals surface area contributed by atoms with Crippen molar-refractivity contribution < 1.29 is 26.4 Å². The lowest BCUT2D eigenvalue weighted by Gasteiger charge is -2.16. The first-order chi connectivity index (χ1) is 9.14. The van der Waals surface area contributed by atoms with Crippen LogP contribution in [-0.4, -0.2) is 41.3 Å². The van der Waals surface area contributed by atoms with Crippen LogP contribution < -0.4 is 4.72 Å². The van der Waals surface area contributed by atoms with E-state index in [0.717, 1.165) is 13.4 Å². The second kappa shape index (κ2) is 6.33. The van der Waals surface area contributed by atoms with Gasteiger partial charge in [0.05, 0.1) is 7.11 Å². The van der Waals surface area contributed by atoms with Gasteiger partial charge in [0, 0.05) is 6.26 Å². The summed E-state index contributed by atoms with van der Waals surface area (Å²) < 4.78 is 52.2. The highest BCUT2D eigenvalue weighted by molar-refractivity contribution is 8.06. The molecule has 1 rings (SSSR count). The molecular weight excluding hydrogens is 306 g/mol. The number of rotatable bonds is 6. The number of hydrogen-bond acceptors (Lipinski definition) is 6. The third kappa shape index (κ3) is 5.27. The summed E-state index contributed by atoms with van der Waals surface area (Å²) in [5.74, 6) is -0.826. The predicted octanol–water partition coefficient (Wildman–Crippen LogP) is -0.178. The van der Waals surface area contributed by atoms with E-state index in [2.05, 4.69) is 4.74 Å². The second-order valence-electron chi connectivity index (χ2n) is 4.14. The number of nitrogens with one attached hydrogen (secondary N) is 1. The molecule has 1 atom stereocenters. The fourth-order valence-corrected chi connectivity index (χ4v) is 4.63. The van der Waals surface area contributed by atoms with Gasteiger partial charge in [-0.05, 0) is 5.56 Å². The standard InChI is InChI=1S/C11H15NO6S2/c1-18-11(13)10(9-6-4-3-5-7-9)12-20(16,17)8-19(2,14)15/h3-7,10,12H,8H2,1-2H3. The SMILES string of the molecule is COC(=O)C(NS(=O)(=O)CS(C)(=O)=O)c1ccccc1. The Kier molecular flexibility index (Phi) is 5.26. The largest absolute Gasteiger partial charge is 0.468 e. The Morgan fingerprint density at radius 1 is 1.20 bits per heavy atom. The molecule has 0 aliphatic carbocycles. The van der Waals surface area contributed by atoms with Crippen LogP contribution >= 0.6 is 0 Å². The van der Waals surface area contributed by atoms with Gasteiger partial charge in [-0.15, -0.1) is 0 Å². The third-order valence-electron chi connectivity index (χ3n) is 2.24. The van der Waals surface area contributed by atoms with Crippen LogP contribution in [0.2, 0.25) is 0 Å². The summed E-state index contributed by atoms with van der Waals surface area (Å²) >= 11 is 0. The van der Waals surface area contributed by atoms with Crippen LogP contribution in [0.4, 0.5) is 0 Å². The maximum absolute atomic E-state index is 11.8. The van der Waals surface area contributed by atoms with Crippen LogP contribution in [0.3, 0.4) is 0 Å². The normalized spacial score (nSPS) is 13.7. The van der Waals surface area contributed by atoms with Gasteiger partial charge in [0.15, 0.2) is 14.9 Å². The topological polar surface area (TPSA) is 107 Å². The smallest absolute Gasteiger partial charge is 0.328 e. The monoisotopic (exact) mass is 321 g/mol. The van der Waals surface area contributed by atoms with Gasteiger partial charge in [0.25, 0.3) is 0 Å². The van der Waals surface area contributed by atoms with Gasteiger partial charge < -0.3 is 4.74 Å². The molecule has 1 unspecified atom stereocenters. The van der Waals surface area contributed by atoms with Gasteiger partial charge >= 0.3 is 5.97 Å². The van der Waals surface area contributed by atoms with Crippen LogP contribution in [0.25, 0.3) is 0 Å². The van der Waals surface area contributed by atoms with E-state index in [-0.39, 0.29) is 0 Å². The van der Waals surface area contributed by atoms with E-state index >= 15 is 0 Å². The minimum Gasteiger partial charge on any atom is -0.468 e. The molecule has 9 heteroatoms. The zero-order chi connectivity index (χ0) is 15.4. The summed E-state index contributed by atoms with van der Waals surface area (Å²) in [6.07, 6.45) is 0.794. The Balaban J connectivity index is 3.07. The van der Waals surface area contributed by atoms with Crippen LogP contribution in [0, 0.1) is 0 Å². The quantitative estimate of drug-likeness (QED) is 0.729. The molecule has 0 bridgehead atoms. The number of esters is 1. The van der Waals surface area contributed by atoms with E-state index < -0.39 is 37.0 Å². The summed E-state index contributed by atoms with van der Waals surface area (Å²) in [5.41, 5.74) is 0.358. The maximum atomic E-state index is 11.8. The molecule has 1 N–H and O–H groups in total. The van der Waals surface area contributed by atoms with Crippen molar-refractivity contribution in [2.45, 2.75) is 6.04 Å². The Labute approximate surface area is 117 Å². The van der Waals surface area contributed by atoms with E-state index in [1.54, 1.807) is 18.2 Å². The number of hydrogen-bond donors (Lipinski definition) is 1. The van der Waals surface area contributed by atoms with Gasteiger partial charge in [-0.1, -0.05) is 30.3 Å². The minimum absolute atomic E-state index is 0.358. The summed E-state index contributed by atoms with van der Waals surface area (Å²) in [5, 5.41) is -1.10. The number of sulfonamides is 1. The molecule has 0 aliphatic heterocycles. The van der Waals surface area contributed by atoms with Crippen molar-refractivity contribution in [2.24, 2.45) is 0 Å². The average Bonchev–Trinajstić information content (AvgIpc) is 2.33. The minimum atomic E-state index is -4.18. The van der Waals surface area contributed by atoms with Gasteiger partial charge in [-0.25, -0.2) is 21.6 Å². The van der Waals surface area contributed by atoms with Gasteiger partial charge in [0.2, 0.25) is 10.0 Å². The number of methoxy groups -OCH3 is 1. The fourth-order valence-electron chi connectivity index (χ4n) is 1.51. The zero-order valence-corrected chi connectivity index (χ0v) is 12.6. The maximum Gasteiger partial charge on any atom is 0.328 e. The lowest BCUT2D eigenvalue weighted by molar-refractivity contribution is -0.142. The zero-order valence-electron chi connectivity index (χ0n) is 10.9. The molecular formula is C11H15NO6S2. The summed E-state index contributed by atoms with van der Waals surface area (Å²) in [6.45, 7) is 0. The first-order valence-electron chi connectivity index (χ1n) is 5.45. The van der Waals surface area contributed by atoms with Gasteiger partial charge in [-0.2, -0.15) is 4.72 Å². The highest BCUT2D eigenvalue weighted by Gasteiger charge is 2.28. The van der Waals surface area contributed by atoms with Gasteiger partial charge in [-0.3, -0.25) is 0 Å². The molecule has 0 fully saturated rings. The van der Waals surface area contributed by atoms with Crippen molar-refractivity contribution in [2.75, 3.05) is 18.5 Å². The third-order valence-corrected chi connectivity index (χ3v) is 5.79. The molecule has 1 aromatic rings. The molecule has 0 amide bonds. The van der Waals surface area contributed by atoms with E-state index in [4.69, 9.17) is 0 Å². The highest BCUT2D eigenvalue weighted by Crippen LogP contribution is 2.15. The Hall–Kier alpha value is -1.45. The average molecular weight is 321 g/mol. The molecule has 0 saturated carbocycles. The van der Waals surface area contributed by atoms with E-state index in [9.17, 15) is 21.6 Å². The second-order valence-corrected chi connectivity index (χ2v) is 8.40. The van der Waals surface area contributed by atoms with Crippen LogP contribution in [0.15, 0.2) is 30.3 Å². The summed E-state index contributed by atoms with van der Waals surface area (Å²) in [7, 11) is -6.81. The highest BCUT2D eigenvalue weighted by atomic mass is 32.3. The van der Waals surface area contributed by atoms with E-state index in [0.29, 0.717) is 5.56 Å². The molecule has 0 aromatic heterocycles.